The van der Waals surface area contributed by atoms with Gasteiger partial charge in [-0.1, -0.05) is 25.5 Å². The molecule has 0 aliphatic carbocycles. The fraction of sp³-hybridized carbons (Fsp3) is 0.235. The summed E-state index contributed by atoms with van der Waals surface area (Å²) in [4.78, 5) is 22.3. The normalized spacial score (nSPS) is 10.1. The van der Waals surface area contributed by atoms with Crippen molar-refractivity contribution in [2.45, 2.75) is 19.8 Å². The van der Waals surface area contributed by atoms with Crippen molar-refractivity contribution in [3.63, 3.8) is 0 Å². The van der Waals surface area contributed by atoms with E-state index in [-0.39, 0.29) is 11.4 Å². The molecule has 120 valence electrons. The van der Waals surface area contributed by atoms with Gasteiger partial charge in [0.2, 0.25) is 0 Å². The molecule has 0 aromatic heterocycles. The SMILES string of the molecule is CCCCOc1cccc(C(=O)Oc2cccc([N+](=O)[O-])c2)c1. The third-order valence-electron chi connectivity index (χ3n) is 3.08. The molecule has 23 heavy (non-hydrogen) atoms. The van der Waals surface area contributed by atoms with Crippen LogP contribution in [-0.2, 0) is 0 Å². The van der Waals surface area contributed by atoms with E-state index in [0.29, 0.717) is 17.9 Å². The first-order chi connectivity index (χ1) is 11.1. The van der Waals surface area contributed by atoms with Gasteiger partial charge < -0.3 is 9.47 Å². The minimum Gasteiger partial charge on any atom is -0.494 e. The minimum atomic E-state index is -0.591. The lowest BCUT2D eigenvalue weighted by Crippen LogP contribution is -2.09. The summed E-state index contributed by atoms with van der Waals surface area (Å²) in [5, 5.41) is 10.7. The Kier molecular flexibility index (Phi) is 5.68. The molecule has 0 aliphatic heterocycles. The van der Waals surface area contributed by atoms with E-state index in [1.807, 2.05) is 0 Å². The van der Waals surface area contributed by atoms with Crippen LogP contribution < -0.4 is 9.47 Å². The van der Waals surface area contributed by atoms with Crippen LogP contribution in [0.25, 0.3) is 0 Å². The van der Waals surface area contributed by atoms with Crippen LogP contribution >= 0.6 is 0 Å². The van der Waals surface area contributed by atoms with Crippen LogP contribution in [-0.4, -0.2) is 17.5 Å². The highest BCUT2D eigenvalue weighted by Crippen LogP contribution is 2.21. The maximum Gasteiger partial charge on any atom is 0.343 e. The lowest BCUT2D eigenvalue weighted by atomic mass is 10.2. The first-order valence-corrected chi connectivity index (χ1v) is 7.29. The number of unbranched alkanes of at least 4 members (excludes halogenated alkanes) is 1. The maximum absolute atomic E-state index is 12.1. The molecular weight excluding hydrogens is 298 g/mol. The highest BCUT2D eigenvalue weighted by molar-refractivity contribution is 5.91. The molecule has 0 aliphatic rings. The van der Waals surface area contributed by atoms with Crippen LogP contribution in [0.5, 0.6) is 11.5 Å². The Morgan fingerprint density at radius 2 is 1.87 bits per heavy atom. The smallest absolute Gasteiger partial charge is 0.343 e. The number of hydrogen-bond acceptors (Lipinski definition) is 5. The Labute approximate surface area is 133 Å². The van der Waals surface area contributed by atoms with Gasteiger partial charge in [-0.05, 0) is 30.7 Å². The molecule has 0 spiro atoms. The summed E-state index contributed by atoms with van der Waals surface area (Å²) >= 11 is 0. The summed E-state index contributed by atoms with van der Waals surface area (Å²) in [5.41, 5.74) is 0.192. The number of nitro groups is 1. The first kappa shape index (κ1) is 16.5. The lowest BCUT2D eigenvalue weighted by Gasteiger charge is -2.08. The standard InChI is InChI=1S/C17H17NO5/c1-2-3-10-22-15-8-4-6-13(11-15)17(19)23-16-9-5-7-14(12-16)18(20)21/h4-9,11-12H,2-3,10H2,1H3. The van der Waals surface area contributed by atoms with Gasteiger partial charge >= 0.3 is 5.97 Å². The molecule has 0 heterocycles. The predicted molar refractivity (Wildman–Crippen MR) is 84.9 cm³/mol. The van der Waals surface area contributed by atoms with Crippen molar-refractivity contribution in [2.24, 2.45) is 0 Å². The average molecular weight is 315 g/mol. The number of non-ortho nitro benzene ring substituents is 1. The number of nitro benzene ring substituents is 1. The number of carbonyl (C=O) groups excluding carboxylic acids is 1. The number of nitrogens with zero attached hydrogens (tertiary/aromatic N) is 1. The molecule has 2 aromatic rings. The van der Waals surface area contributed by atoms with Gasteiger partial charge in [0.25, 0.3) is 5.69 Å². The molecule has 0 saturated carbocycles. The van der Waals surface area contributed by atoms with E-state index in [4.69, 9.17) is 9.47 Å². The minimum absolute atomic E-state index is 0.126. The van der Waals surface area contributed by atoms with Gasteiger partial charge in [-0.2, -0.15) is 0 Å². The molecule has 2 rings (SSSR count). The van der Waals surface area contributed by atoms with Crippen molar-refractivity contribution in [1.82, 2.24) is 0 Å². The van der Waals surface area contributed by atoms with Crippen molar-refractivity contribution in [3.05, 3.63) is 64.2 Å². The van der Waals surface area contributed by atoms with Gasteiger partial charge in [-0.25, -0.2) is 4.79 Å². The molecular formula is C17H17NO5. The van der Waals surface area contributed by atoms with Crippen molar-refractivity contribution < 1.29 is 19.2 Å². The number of hydrogen-bond donors (Lipinski definition) is 0. The van der Waals surface area contributed by atoms with E-state index in [2.05, 4.69) is 6.92 Å². The predicted octanol–water partition coefficient (Wildman–Crippen LogP) is 3.99. The zero-order valence-corrected chi connectivity index (χ0v) is 12.7. The number of benzene rings is 2. The van der Waals surface area contributed by atoms with Crippen molar-refractivity contribution >= 4 is 11.7 Å². The fourth-order valence-corrected chi connectivity index (χ4v) is 1.87. The third kappa shape index (κ3) is 4.81. The molecule has 6 heteroatoms. The Bertz CT molecular complexity index is 699. The molecule has 0 amide bonds. The number of ether oxygens (including phenoxy) is 2. The second-order valence-corrected chi connectivity index (χ2v) is 4.87. The summed E-state index contributed by atoms with van der Waals surface area (Å²) < 4.78 is 10.7. The van der Waals surface area contributed by atoms with E-state index in [9.17, 15) is 14.9 Å². The van der Waals surface area contributed by atoms with E-state index < -0.39 is 10.9 Å². The van der Waals surface area contributed by atoms with Crippen LogP contribution in [0.3, 0.4) is 0 Å². The zero-order chi connectivity index (χ0) is 16.7. The fourth-order valence-electron chi connectivity index (χ4n) is 1.87. The van der Waals surface area contributed by atoms with Gasteiger partial charge in [-0.3, -0.25) is 10.1 Å². The van der Waals surface area contributed by atoms with E-state index in [0.717, 1.165) is 12.8 Å². The second kappa shape index (κ2) is 7.93. The molecule has 0 fully saturated rings. The molecule has 6 nitrogen and oxygen atoms in total. The molecule has 0 N–H and O–H groups in total. The monoisotopic (exact) mass is 315 g/mol. The van der Waals surface area contributed by atoms with Crippen molar-refractivity contribution in [1.29, 1.82) is 0 Å². The first-order valence-electron chi connectivity index (χ1n) is 7.29. The number of rotatable bonds is 7. The topological polar surface area (TPSA) is 78.7 Å². The Morgan fingerprint density at radius 3 is 2.61 bits per heavy atom. The maximum atomic E-state index is 12.1. The Balaban J connectivity index is 2.07. The van der Waals surface area contributed by atoms with Gasteiger partial charge in [0, 0.05) is 6.07 Å². The summed E-state index contributed by atoms with van der Waals surface area (Å²) in [5.74, 6) is 0.125. The van der Waals surface area contributed by atoms with Gasteiger partial charge in [-0.15, -0.1) is 0 Å². The molecule has 0 bridgehead atoms. The Morgan fingerprint density at radius 1 is 1.13 bits per heavy atom. The van der Waals surface area contributed by atoms with Crippen LogP contribution in [0, 0.1) is 10.1 Å². The second-order valence-electron chi connectivity index (χ2n) is 4.87. The quantitative estimate of drug-likeness (QED) is 0.254. The van der Waals surface area contributed by atoms with Crippen LogP contribution in [0.15, 0.2) is 48.5 Å². The van der Waals surface area contributed by atoms with Crippen LogP contribution in [0.2, 0.25) is 0 Å². The van der Waals surface area contributed by atoms with Gasteiger partial charge in [0.05, 0.1) is 23.2 Å². The molecule has 0 saturated heterocycles. The van der Waals surface area contributed by atoms with Crippen LogP contribution in [0.1, 0.15) is 30.1 Å². The zero-order valence-electron chi connectivity index (χ0n) is 12.7. The summed E-state index contributed by atoms with van der Waals surface area (Å²) in [6, 6.07) is 12.2. The van der Waals surface area contributed by atoms with Gasteiger partial charge in [0.1, 0.15) is 11.5 Å². The van der Waals surface area contributed by atoms with Crippen LogP contribution in [0.4, 0.5) is 5.69 Å². The molecule has 0 unspecified atom stereocenters. The molecule has 2 aromatic carbocycles. The van der Waals surface area contributed by atoms with E-state index in [1.165, 1.54) is 24.3 Å². The molecule has 0 radical (unpaired) electrons. The summed E-state index contributed by atoms with van der Waals surface area (Å²) in [7, 11) is 0. The Hall–Kier alpha value is -2.89. The highest BCUT2D eigenvalue weighted by Gasteiger charge is 2.12. The van der Waals surface area contributed by atoms with E-state index in [1.54, 1.807) is 24.3 Å². The number of esters is 1. The van der Waals surface area contributed by atoms with Gasteiger partial charge in [0.15, 0.2) is 0 Å². The van der Waals surface area contributed by atoms with Crippen molar-refractivity contribution in [2.75, 3.05) is 6.61 Å². The highest BCUT2D eigenvalue weighted by atomic mass is 16.6. The van der Waals surface area contributed by atoms with Crippen molar-refractivity contribution in [3.8, 4) is 11.5 Å². The summed E-state index contributed by atoms with van der Waals surface area (Å²) in [6.45, 7) is 2.65. The number of carbonyl (C=O) groups is 1. The largest absolute Gasteiger partial charge is 0.494 e. The van der Waals surface area contributed by atoms with E-state index >= 15 is 0 Å². The molecule has 0 atom stereocenters. The lowest BCUT2D eigenvalue weighted by molar-refractivity contribution is -0.384. The average Bonchev–Trinajstić information content (AvgIpc) is 2.55. The summed E-state index contributed by atoms with van der Waals surface area (Å²) in [6.07, 6.45) is 1.96. The third-order valence-corrected chi connectivity index (χ3v) is 3.08.